The summed E-state index contributed by atoms with van der Waals surface area (Å²) in [5.41, 5.74) is 10.1. The fourth-order valence-corrected chi connectivity index (χ4v) is 3.71. The fourth-order valence-electron chi connectivity index (χ4n) is 3.71. The Labute approximate surface area is 159 Å². The first kappa shape index (κ1) is 17.6. The monoisotopic (exact) mass is 373 g/mol. The van der Waals surface area contributed by atoms with Crippen LogP contribution in [0.25, 0.3) is 16.5 Å². The Kier molecular flexibility index (Phi) is 4.43. The molecular formula is C21H15N3O4. The maximum absolute atomic E-state index is 12.9. The molecule has 1 fully saturated rings. The van der Waals surface area contributed by atoms with Gasteiger partial charge in [-0.2, -0.15) is 4.79 Å². The zero-order chi connectivity index (χ0) is 19.7. The molecule has 7 nitrogen and oxygen atoms in total. The Morgan fingerprint density at radius 1 is 1.11 bits per heavy atom. The molecule has 0 saturated carbocycles. The highest BCUT2D eigenvalue weighted by Crippen LogP contribution is 2.38. The van der Waals surface area contributed by atoms with Crippen LogP contribution >= 0.6 is 0 Å². The van der Waals surface area contributed by atoms with Gasteiger partial charge in [0, 0.05) is 29.5 Å². The largest absolute Gasteiger partial charge is 0.423 e. The van der Waals surface area contributed by atoms with E-state index in [0.29, 0.717) is 16.7 Å². The van der Waals surface area contributed by atoms with Crippen LogP contribution in [-0.2, 0) is 9.59 Å². The topological polar surface area (TPSA) is 104 Å². The lowest BCUT2D eigenvalue weighted by Gasteiger charge is -2.25. The van der Waals surface area contributed by atoms with Crippen molar-refractivity contribution in [3.8, 4) is 0 Å². The highest BCUT2D eigenvalue weighted by Gasteiger charge is 2.46. The van der Waals surface area contributed by atoms with Crippen LogP contribution in [0.1, 0.15) is 17.9 Å². The summed E-state index contributed by atoms with van der Waals surface area (Å²) in [7, 11) is 0. The Morgan fingerprint density at radius 3 is 2.64 bits per heavy atom. The zero-order valence-corrected chi connectivity index (χ0v) is 14.7. The van der Waals surface area contributed by atoms with Crippen LogP contribution in [-0.4, -0.2) is 28.7 Å². The number of ketones is 1. The van der Waals surface area contributed by atoms with Gasteiger partial charge in [0.1, 0.15) is 11.6 Å². The Morgan fingerprint density at radius 2 is 1.89 bits per heavy atom. The lowest BCUT2D eigenvalue weighted by Crippen LogP contribution is -2.41. The highest BCUT2D eigenvalue weighted by molar-refractivity contribution is 6.31. The van der Waals surface area contributed by atoms with E-state index in [-0.39, 0.29) is 18.2 Å². The Bertz CT molecular complexity index is 1180. The van der Waals surface area contributed by atoms with E-state index in [2.05, 4.69) is 4.79 Å². The number of nitrogens with zero attached hydrogens (tertiary/aromatic N) is 3. The molecule has 1 aliphatic rings. The molecule has 1 saturated heterocycles. The second-order valence-electron chi connectivity index (χ2n) is 6.55. The number of hydrogen-bond acceptors (Lipinski definition) is 4. The molecule has 3 aromatic rings. The van der Waals surface area contributed by atoms with Crippen molar-refractivity contribution in [2.24, 2.45) is 0 Å². The molecule has 2 atom stereocenters. The quantitative estimate of drug-likeness (QED) is 0.303. The van der Waals surface area contributed by atoms with E-state index >= 15 is 0 Å². The van der Waals surface area contributed by atoms with Gasteiger partial charge in [-0.25, -0.2) is 4.79 Å². The molecule has 4 rings (SSSR count). The molecule has 0 unspecified atom stereocenters. The lowest BCUT2D eigenvalue weighted by molar-refractivity contribution is -0.120. The van der Waals surface area contributed by atoms with Crippen LogP contribution in [0.2, 0.25) is 0 Å². The summed E-state index contributed by atoms with van der Waals surface area (Å²) in [6.07, 6.45) is 0.980. The molecule has 28 heavy (non-hydrogen) atoms. The normalized spacial score (nSPS) is 18.9. The van der Waals surface area contributed by atoms with Gasteiger partial charge in [0.05, 0.1) is 0 Å². The maximum Gasteiger partial charge on any atom is 0.336 e. The smallest absolute Gasteiger partial charge is 0.336 e. The SMILES string of the molecule is [N-]=[N+]=CC(=O)[C@H]1[C@H](c2ccccc2)CC(=O)N1c1ccc2oc(=O)ccc2c1. The fraction of sp³-hybridized carbons (Fsp3) is 0.143. The molecule has 0 N–H and O–H groups in total. The second kappa shape index (κ2) is 7.06. The first-order chi connectivity index (χ1) is 13.6. The van der Waals surface area contributed by atoms with Crippen molar-refractivity contribution in [2.45, 2.75) is 18.4 Å². The van der Waals surface area contributed by atoms with Gasteiger partial charge in [0.25, 0.3) is 5.78 Å². The number of amides is 1. The number of carbonyl (C=O) groups excluding carboxylic acids is 2. The standard InChI is InChI=1S/C21H15N3O4/c22-23-12-17(25)21-16(13-4-2-1-3-5-13)11-19(26)24(21)15-7-8-18-14(10-15)6-9-20(27)28-18/h1-10,12,16,21H,11H2/t16-,21+/m0/s1. The van der Waals surface area contributed by atoms with Crippen LogP contribution in [0, 0.1) is 0 Å². The summed E-state index contributed by atoms with van der Waals surface area (Å²) in [4.78, 5) is 41.2. The molecule has 0 spiro atoms. The average Bonchev–Trinajstić information content (AvgIpc) is 3.06. The molecule has 138 valence electrons. The number of hydrogen-bond donors (Lipinski definition) is 0. The third-order valence-electron chi connectivity index (χ3n) is 4.91. The van der Waals surface area contributed by atoms with E-state index in [1.165, 1.54) is 11.0 Å². The summed E-state index contributed by atoms with van der Waals surface area (Å²) in [5.74, 6) is -1.05. The van der Waals surface area contributed by atoms with E-state index < -0.39 is 17.5 Å². The summed E-state index contributed by atoms with van der Waals surface area (Å²) in [6, 6.07) is 16.3. The summed E-state index contributed by atoms with van der Waals surface area (Å²) in [5, 5.41) is 0.634. The van der Waals surface area contributed by atoms with Crippen LogP contribution in [0.3, 0.4) is 0 Å². The maximum atomic E-state index is 12.9. The van der Waals surface area contributed by atoms with Crippen molar-refractivity contribution in [1.29, 1.82) is 0 Å². The summed E-state index contributed by atoms with van der Waals surface area (Å²) < 4.78 is 5.13. The van der Waals surface area contributed by atoms with Crippen LogP contribution in [0.5, 0.6) is 0 Å². The van der Waals surface area contributed by atoms with Crippen LogP contribution < -0.4 is 10.5 Å². The summed E-state index contributed by atoms with van der Waals surface area (Å²) in [6.45, 7) is 0. The van der Waals surface area contributed by atoms with E-state index in [9.17, 15) is 14.4 Å². The highest BCUT2D eigenvalue weighted by atomic mass is 16.4. The third-order valence-corrected chi connectivity index (χ3v) is 4.91. The third kappa shape index (κ3) is 3.04. The van der Waals surface area contributed by atoms with E-state index in [0.717, 1.165) is 11.8 Å². The Balaban J connectivity index is 1.82. The number of anilines is 1. The minimum atomic E-state index is -0.834. The molecule has 2 heterocycles. The number of rotatable bonds is 4. The molecule has 2 aromatic carbocycles. The Hall–Kier alpha value is -3.83. The number of Topliss-reactive ketones (excluding diaryl/α,β-unsaturated/α-hetero) is 1. The van der Waals surface area contributed by atoms with Gasteiger partial charge >= 0.3 is 11.8 Å². The zero-order valence-electron chi connectivity index (χ0n) is 14.7. The van der Waals surface area contributed by atoms with Gasteiger partial charge in [-0.15, -0.1) is 0 Å². The van der Waals surface area contributed by atoms with Gasteiger partial charge in [-0.05, 0) is 29.8 Å². The van der Waals surface area contributed by atoms with Crippen molar-refractivity contribution >= 4 is 34.6 Å². The first-order valence-corrected chi connectivity index (χ1v) is 8.70. The van der Waals surface area contributed by atoms with Gasteiger partial charge < -0.3 is 14.8 Å². The van der Waals surface area contributed by atoms with Gasteiger partial charge in [0.15, 0.2) is 0 Å². The van der Waals surface area contributed by atoms with Crippen LogP contribution in [0.4, 0.5) is 5.69 Å². The van der Waals surface area contributed by atoms with E-state index in [1.54, 1.807) is 24.3 Å². The molecule has 1 amide bonds. The molecule has 0 aliphatic carbocycles. The second-order valence-corrected chi connectivity index (χ2v) is 6.55. The molecule has 7 heteroatoms. The minimum Gasteiger partial charge on any atom is -0.423 e. The number of fused-ring (bicyclic) bond motifs is 1. The summed E-state index contributed by atoms with van der Waals surface area (Å²) >= 11 is 0. The van der Waals surface area contributed by atoms with Gasteiger partial charge in [-0.3, -0.25) is 9.59 Å². The molecule has 0 radical (unpaired) electrons. The minimum absolute atomic E-state index is 0.154. The molecule has 1 aliphatic heterocycles. The van der Waals surface area contributed by atoms with Gasteiger partial charge in [-0.1, -0.05) is 30.3 Å². The van der Waals surface area contributed by atoms with E-state index in [4.69, 9.17) is 9.95 Å². The van der Waals surface area contributed by atoms with Crippen molar-refractivity contribution < 1.29 is 18.8 Å². The number of benzene rings is 2. The first-order valence-electron chi connectivity index (χ1n) is 8.70. The van der Waals surface area contributed by atoms with Crippen molar-refractivity contribution in [3.63, 3.8) is 0 Å². The van der Waals surface area contributed by atoms with Crippen molar-refractivity contribution in [3.05, 3.63) is 82.2 Å². The average molecular weight is 373 g/mol. The predicted octanol–water partition coefficient (Wildman–Crippen LogP) is 2.55. The number of carbonyl (C=O) groups is 2. The molecular weight excluding hydrogens is 358 g/mol. The van der Waals surface area contributed by atoms with Crippen molar-refractivity contribution in [2.75, 3.05) is 4.90 Å². The predicted molar refractivity (Wildman–Crippen MR) is 102 cm³/mol. The lowest BCUT2D eigenvalue weighted by atomic mass is 9.89. The molecule has 1 aromatic heterocycles. The van der Waals surface area contributed by atoms with Crippen molar-refractivity contribution in [1.82, 2.24) is 0 Å². The van der Waals surface area contributed by atoms with Gasteiger partial charge in [0.2, 0.25) is 5.91 Å². The molecule has 0 bridgehead atoms. The van der Waals surface area contributed by atoms with E-state index in [1.807, 2.05) is 30.3 Å². The van der Waals surface area contributed by atoms with Crippen LogP contribution in [0.15, 0.2) is 69.9 Å².